The first-order chi connectivity index (χ1) is 39.5. The van der Waals surface area contributed by atoms with Gasteiger partial charge in [-0.25, -0.2) is 0 Å². The van der Waals surface area contributed by atoms with Crippen molar-refractivity contribution in [3.63, 3.8) is 0 Å². The zero-order chi connectivity index (χ0) is 57.8. The Bertz CT molecular complexity index is 1650. The molecule has 456 valence electrons. The van der Waals surface area contributed by atoms with Crippen molar-refractivity contribution < 1.29 is 28.6 Å². The van der Waals surface area contributed by atoms with Crippen LogP contribution >= 0.6 is 0 Å². The van der Waals surface area contributed by atoms with E-state index in [1.807, 2.05) is 0 Å². The number of hydrogen-bond acceptors (Lipinski definition) is 6. The van der Waals surface area contributed by atoms with Crippen molar-refractivity contribution in [1.82, 2.24) is 0 Å². The van der Waals surface area contributed by atoms with E-state index in [0.29, 0.717) is 19.3 Å². The highest BCUT2D eigenvalue weighted by molar-refractivity contribution is 5.71. The van der Waals surface area contributed by atoms with Crippen molar-refractivity contribution in [3.8, 4) is 0 Å². The van der Waals surface area contributed by atoms with Crippen molar-refractivity contribution in [3.05, 3.63) is 122 Å². The lowest BCUT2D eigenvalue weighted by molar-refractivity contribution is -0.167. The Morgan fingerprint density at radius 1 is 0.263 bits per heavy atom. The predicted octanol–water partition coefficient (Wildman–Crippen LogP) is 23.2. The molecule has 0 N–H and O–H groups in total. The Morgan fingerprint density at radius 2 is 0.500 bits per heavy atom. The van der Waals surface area contributed by atoms with Gasteiger partial charge < -0.3 is 14.2 Å². The lowest BCUT2D eigenvalue weighted by atomic mass is 10.0. The van der Waals surface area contributed by atoms with Gasteiger partial charge in [0.15, 0.2) is 6.10 Å². The maximum Gasteiger partial charge on any atom is 0.306 e. The van der Waals surface area contributed by atoms with Gasteiger partial charge in [-0.15, -0.1) is 0 Å². The van der Waals surface area contributed by atoms with Crippen LogP contribution in [0.4, 0.5) is 0 Å². The Hall–Kier alpha value is -4.19. The number of esters is 3. The minimum Gasteiger partial charge on any atom is -0.462 e. The predicted molar refractivity (Wildman–Crippen MR) is 348 cm³/mol. The topological polar surface area (TPSA) is 78.9 Å². The van der Waals surface area contributed by atoms with Crippen molar-refractivity contribution in [2.75, 3.05) is 13.2 Å². The first kappa shape index (κ1) is 75.8. The molecule has 0 aromatic rings. The molecule has 0 spiro atoms. The highest BCUT2D eigenvalue weighted by atomic mass is 16.6. The van der Waals surface area contributed by atoms with Crippen LogP contribution in [0.1, 0.15) is 310 Å². The molecule has 0 radical (unpaired) electrons. The second-order valence-corrected chi connectivity index (χ2v) is 22.0. The van der Waals surface area contributed by atoms with E-state index in [1.54, 1.807) is 0 Å². The van der Waals surface area contributed by atoms with Crippen molar-refractivity contribution in [1.29, 1.82) is 0 Å². The van der Waals surface area contributed by atoms with Crippen LogP contribution in [-0.2, 0) is 28.6 Å². The molecule has 0 saturated carbocycles. The number of carbonyl (C=O) groups is 3. The van der Waals surface area contributed by atoms with Crippen LogP contribution in [0.5, 0.6) is 0 Å². The van der Waals surface area contributed by atoms with Gasteiger partial charge in [-0.3, -0.25) is 14.4 Å². The lowest BCUT2D eigenvalue weighted by Gasteiger charge is -2.18. The third kappa shape index (κ3) is 64.6. The summed E-state index contributed by atoms with van der Waals surface area (Å²) in [5, 5.41) is 0. The van der Waals surface area contributed by atoms with Gasteiger partial charge in [-0.05, 0) is 103 Å². The second kappa shape index (κ2) is 67.3. The molecule has 0 aliphatic rings. The number of allylic oxidation sites excluding steroid dienone is 20. The van der Waals surface area contributed by atoms with Crippen molar-refractivity contribution in [2.45, 2.75) is 316 Å². The molecule has 0 bridgehead atoms. The van der Waals surface area contributed by atoms with Crippen LogP contribution in [-0.4, -0.2) is 37.2 Å². The quantitative estimate of drug-likeness (QED) is 0.0261. The molecular weight excluding hydrogens is 985 g/mol. The summed E-state index contributed by atoms with van der Waals surface area (Å²) in [4.78, 5) is 38.4. The minimum absolute atomic E-state index is 0.104. The fraction of sp³-hybridized carbons (Fsp3) is 0.689. The molecule has 0 amide bonds. The van der Waals surface area contributed by atoms with Crippen LogP contribution in [0.3, 0.4) is 0 Å². The van der Waals surface area contributed by atoms with Crippen molar-refractivity contribution >= 4 is 17.9 Å². The third-order valence-electron chi connectivity index (χ3n) is 14.2. The molecule has 80 heavy (non-hydrogen) atoms. The average Bonchev–Trinajstić information content (AvgIpc) is 3.46. The molecule has 0 saturated heterocycles. The van der Waals surface area contributed by atoms with E-state index < -0.39 is 6.10 Å². The van der Waals surface area contributed by atoms with Gasteiger partial charge in [0.1, 0.15) is 13.2 Å². The summed E-state index contributed by atoms with van der Waals surface area (Å²) < 4.78 is 16.9. The van der Waals surface area contributed by atoms with E-state index in [0.717, 1.165) is 128 Å². The Morgan fingerprint density at radius 3 is 0.812 bits per heavy atom. The van der Waals surface area contributed by atoms with Crippen LogP contribution in [0.15, 0.2) is 122 Å². The highest BCUT2D eigenvalue weighted by Crippen LogP contribution is 2.17. The normalized spacial score (nSPS) is 12.9. The molecule has 0 aliphatic heterocycles. The second-order valence-electron chi connectivity index (χ2n) is 22.0. The molecule has 6 nitrogen and oxygen atoms in total. The first-order valence-corrected chi connectivity index (χ1v) is 33.5. The van der Waals surface area contributed by atoms with E-state index in [9.17, 15) is 14.4 Å². The maximum absolute atomic E-state index is 12.9. The number of carbonyl (C=O) groups excluding carboxylic acids is 3. The smallest absolute Gasteiger partial charge is 0.306 e. The largest absolute Gasteiger partial charge is 0.462 e. The number of rotatable bonds is 60. The highest BCUT2D eigenvalue weighted by Gasteiger charge is 2.19. The van der Waals surface area contributed by atoms with Gasteiger partial charge >= 0.3 is 17.9 Å². The Balaban J connectivity index is 4.44. The van der Waals surface area contributed by atoms with E-state index in [-0.39, 0.29) is 37.5 Å². The summed E-state index contributed by atoms with van der Waals surface area (Å²) in [6, 6.07) is 0. The fourth-order valence-electron chi connectivity index (χ4n) is 9.27. The molecule has 0 heterocycles. The Labute approximate surface area is 494 Å². The number of hydrogen-bond donors (Lipinski definition) is 0. The van der Waals surface area contributed by atoms with Crippen LogP contribution in [0.2, 0.25) is 0 Å². The van der Waals surface area contributed by atoms with Gasteiger partial charge in [-0.1, -0.05) is 309 Å². The molecule has 1 atom stereocenters. The average molecular weight is 1110 g/mol. The molecule has 0 aromatic carbocycles. The van der Waals surface area contributed by atoms with Gasteiger partial charge in [0.25, 0.3) is 0 Å². The fourth-order valence-corrected chi connectivity index (χ4v) is 9.27. The molecule has 0 rings (SSSR count). The van der Waals surface area contributed by atoms with Crippen LogP contribution < -0.4 is 0 Å². The first-order valence-electron chi connectivity index (χ1n) is 33.5. The van der Waals surface area contributed by atoms with E-state index in [1.165, 1.54) is 135 Å². The van der Waals surface area contributed by atoms with E-state index >= 15 is 0 Å². The van der Waals surface area contributed by atoms with Crippen LogP contribution in [0, 0.1) is 0 Å². The maximum atomic E-state index is 12.9. The number of ether oxygens (including phenoxy) is 3. The zero-order valence-electron chi connectivity index (χ0n) is 52.3. The van der Waals surface area contributed by atoms with Crippen LogP contribution in [0.25, 0.3) is 0 Å². The molecule has 0 aliphatic carbocycles. The summed E-state index contributed by atoms with van der Waals surface area (Å²) >= 11 is 0. The van der Waals surface area contributed by atoms with Gasteiger partial charge in [0, 0.05) is 19.3 Å². The summed E-state index contributed by atoms with van der Waals surface area (Å²) in [6.07, 6.45) is 93.6. The summed E-state index contributed by atoms with van der Waals surface area (Å²) in [6.45, 7) is 6.38. The molecular formula is C74H124O6. The summed E-state index contributed by atoms with van der Waals surface area (Å²) in [7, 11) is 0. The molecule has 6 heteroatoms. The SMILES string of the molecule is CC/C=C\C/C=C\C/C=C\C/C=C\C/C=C\CCCCCCCC(=O)OC(COC(=O)CCC/C=C\C/C=C\C/C=C\C/C=C\C/C=C\CC)COC(=O)CCCCCCCCCCCCCCCCCCCCCCCCCC. The minimum atomic E-state index is -0.816. The van der Waals surface area contributed by atoms with Crippen molar-refractivity contribution in [2.24, 2.45) is 0 Å². The zero-order valence-corrected chi connectivity index (χ0v) is 52.3. The summed E-state index contributed by atoms with van der Waals surface area (Å²) in [5.41, 5.74) is 0. The lowest BCUT2D eigenvalue weighted by Crippen LogP contribution is -2.30. The number of unbranched alkanes of at least 4 members (excludes halogenated alkanes) is 29. The van der Waals surface area contributed by atoms with E-state index in [4.69, 9.17) is 14.2 Å². The third-order valence-corrected chi connectivity index (χ3v) is 14.2. The van der Waals surface area contributed by atoms with Gasteiger partial charge in [0.05, 0.1) is 0 Å². The van der Waals surface area contributed by atoms with E-state index in [2.05, 4.69) is 142 Å². The monoisotopic (exact) mass is 1110 g/mol. The van der Waals surface area contributed by atoms with Gasteiger partial charge in [0.2, 0.25) is 0 Å². The van der Waals surface area contributed by atoms with Gasteiger partial charge in [-0.2, -0.15) is 0 Å². The Kier molecular flexibility index (Phi) is 63.8. The standard InChI is InChI=1S/C74H124O6/c1-4-7-10-13-16-19-22-25-28-31-33-35-36-37-39-40-43-46-49-52-55-58-61-64-67-73(76)79-70-71(69-78-72(75)66-63-60-57-54-51-48-45-42-30-27-24-21-18-15-12-9-6-3)80-74(77)68-65-62-59-56-53-50-47-44-41-38-34-32-29-26-23-20-17-14-11-8-5-2/h8-9,11-12,17-18,20-21,26-27,29-30,34,38,44-45,47-48,54,57,71H,4-7,10,13-16,19,22-25,28,31-33,35-37,39-43,46,49-53,55-56,58-70H2,1-3H3/b11-8-,12-9-,20-17-,21-18-,29-26-,30-27-,38-34-,47-44-,48-45-,57-54-. The molecule has 0 aromatic heterocycles. The molecule has 0 fully saturated rings. The summed E-state index contributed by atoms with van der Waals surface area (Å²) in [5.74, 6) is -0.975. The molecule has 1 unspecified atom stereocenters.